The van der Waals surface area contributed by atoms with Crippen LogP contribution in [-0.2, 0) is 15.8 Å². The fourth-order valence-electron chi connectivity index (χ4n) is 2.53. The molecule has 0 heterocycles. The van der Waals surface area contributed by atoms with Crippen LogP contribution in [0.5, 0.6) is 0 Å². The number of amides is 2. The van der Waals surface area contributed by atoms with Crippen molar-refractivity contribution in [3.8, 4) is 0 Å². The summed E-state index contributed by atoms with van der Waals surface area (Å²) in [6.07, 6.45) is -2.78. The van der Waals surface area contributed by atoms with Crippen LogP contribution in [-0.4, -0.2) is 43.1 Å². The van der Waals surface area contributed by atoms with Gasteiger partial charge in [-0.15, -0.1) is 11.8 Å². The normalized spacial score (nSPS) is 11.4. The number of carbonyl (C=O) groups excluding carboxylic acids is 2. The first-order chi connectivity index (χ1) is 13.6. The summed E-state index contributed by atoms with van der Waals surface area (Å²) in [5.41, 5.74) is -0.773. The van der Waals surface area contributed by atoms with Gasteiger partial charge < -0.3 is 10.6 Å². The first kappa shape index (κ1) is 23.1. The van der Waals surface area contributed by atoms with Crippen molar-refractivity contribution < 1.29 is 22.8 Å². The number of nitrogens with zero attached hydrogens (tertiary/aromatic N) is 1. The summed E-state index contributed by atoms with van der Waals surface area (Å²) in [4.78, 5) is 26.6. The summed E-state index contributed by atoms with van der Waals surface area (Å²) in [5, 5.41) is 4.89. The van der Waals surface area contributed by atoms with Gasteiger partial charge in [0.1, 0.15) is 0 Å². The highest BCUT2D eigenvalue weighted by Crippen LogP contribution is 2.36. The van der Waals surface area contributed by atoms with Gasteiger partial charge in [0.25, 0.3) is 0 Å². The van der Waals surface area contributed by atoms with E-state index >= 15 is 0 Å². The number of benzene rings is 2. The molecule has 29 heavy (non-hydrogen) atoms. The SMILES string of the molecule is CSc1ccccc1NC(=O)CN(C)CC(=O)Nc1ccc(Cl)cc1C(F)(F)F. The van der Waals surface area contributed by atoms with E-state index in [1.807, 2.05) is 18.4 Å². The maximum atomic E-state index is 13.1. The van der Waals surface area contributed by atoms with Gasteiger partial charge >= 0.3 is 6.18 Å². The number of hydrogen-bond donors (Lipinski definition) is 2. The van der Waals surface area contributed by atoms with Gasteiger partial charge in [0.15, 0.2) is 0 Å². The molecule has 0 atom stereocenters. The van der Waals surface area contributed by atoms with E-state index < -0.39 is 23.3 Å². The molecule has 2 N–H and O–H groups in total. The van der Waals surface area contributed by atoms with Gasteiger partial charge in [0.05, 0.1) is 30.0 Å². The van der Waals surface area contributed by atoms with E-state index in [0.717, 1.165) is 17.0 Å². The van der Waals surface area contributed by atoms with Crippen molar-refractivity contribution in [3.63, 3.8) is 0 Å². The Balaban J connectivity index is 1.95. The molecule has 0 unspecified atom stereocenters. The maximum Gasteiger partial charge on any atom is 0.418 e. The third kappa shape index (κ3) is 6.95. The molecule has 156 valence electrons. The number of likely N-dealkylation sites (N-methyl/N-ethyl adjacent to an activating group) is 1. The first-order valence-corrected chi connectivity index (χ1v) is 9.98. The molecule has 0 aromatic heterocycles. The number of anilines is 2. The number of rotatable bonds is 7. The highest BCUT2D eigenvalue weighted by atomic mass is 35.5. The standard InChI is InChI=1S/C19H19ClF3N3O2S/c1-26(11-18(28)25-15-5-3-4-6-16(15)29-2)10-17(27)24-14-8-7-12(20)9-13(14)19(21,22)23/h3-9H,10-11H2,1-2H3,(H,24,27)(H,25,28). The van der Waals surface area contributed by atoms with Crippen LogP contribution in [0.4, 0.5) is 24.5 Å². The highest BCUT2D eigenvalue weighted by Gasteiger charge is 2.34. The Bertz CT molecular complexity index is 893. The summed E-state index contributed by atoms with van der Waals surface area (Å²) in [6, 6.07) is 10.4. The Morgan fingerprint density at radius 3 is 2.21 bits per heavy atom. The minimum absolute atomic E-state index is 0.0883. The van der Waals surface area contributed by atoms with E-state index in [2.05, 4.69) is 10.6 Å². The lowest BCUT2D eigenvalue weighted by Gasteiger charge is -2.18. The number of thioether (sulfide) groups is 1. The number of hydrogen-bond acceptors (Lipinski definition) is 4. The highest BCUT2D eigenvalue weighted by molar-refractivity contribution is 7.98. The summed E-state index contributed by atoms with van der Waals surface area (Å²) in [5.74, 6) is -1.03. The van der Waals surface area contributed by atoms with Crippen LogP contribution in [0, 0.1) is 0 Å². The van der Waals surface area contributed by atoms with Crippen molar-refractivity contribution in [3.05, 3.63) is 53.1 Å². The molecule has 2 amide bonds. The number of carbonyl (C=O) groups is 2. The molecule has 2 aromatic carbocycles. The van der Waals surface area contributed by atoms with Gasteiger partial charge in [-0.2, -0.15) is 13.2 Å². The molecule has 0 aliphatic rings. The van der Waals surface area contributed by atoms with Gasteiger partial charge in [-0.1, -0.05) is 23.7 Å². The topological polar surface area (TPSA) is 61.4 Å². The van der Waals surface area contributed by atoms with Crippen molar-refractivity contribution >= 4 is 46.6 Å². The first-order valence-electron chi connectivity index (χ1n) is 8.38. The number of alkyl halides is 3. The second kappa shape index (κ2) is 10.00. The molecule has 0 bridgehead atoms. The molecular formula is C19H19ClF3N3O2S. The Kier molecular flexibility index (Phi) is 7.95. The fourth-order valence-corrected chi connectivity index (χ4v) is 3.26. The lowest BCUT2D eigenvalue weighted by molar-refractivity contribution is -0.137. The average Bonchev–Trinajstić information content (AvgIpc) is 2.62. The van der Waals surface area contributed by atoms with Crippen LogP contribution < -0.4 is 10.6 Å². The smallest absolute Gasteiger partial charge is 0.324 e. The Hall–Kier alpha value is -2.23. The zero-order valence-corrected chi connectivity index (χ0v) is 17.2. The molecule has 2 rings (SSSR count). The molecule has 0 spiro atoms. The molecule has 10 heteroatoms. The van der Waals surface area contributed by atoms with Crippen molar-refractivity contribution in [2.75, 3.05) is 37.0 Å². The number of halogens is 4. The lowest BCUT2D eigenvalue weighted by Crippen LogP contribution is -2.36. The number of para-hydroxylation sites is 1. The van der Waals surface area contributed by atoms with E-state index in [9.17, 15) is 22.8 Å². The van der Waals surface area contributed by atoms with Gasteiger partial charge in [-0.25, -0.2) is 0 Å². The van der Waals surface area contributed by atoms with Crippen molar-refractivity contribution in [2.24, 2.45) is 0 Å². The number of nitrogens with one attached hydrogen (secondary N) is 2. The molecule has 0 saturated carbocycles. The molecule has 0 aliphatic heterocycles. The summed E-state index contributed by atoms with van der Waals surface area (Å²) in [7, 11) is 1.52. The van der Waals surface area contributed by atoms with E-state index in [4.69, 9.17) is 11.6 Å². The van der Waals surface area contributed by atoms with Crippen molar-refractivity contribution in [1.29, 1.82) is 0 Å². The maximum absolute atomic E-state index is 13.1. The average molecular weight is 446 g/mol. The molecule has 0 saturated heterocycles. The molecule has 0 radical (unpaired) electrons. The minimum atomic E-state index is -4.66. The fraction of sp³-hybridized carbons (Fsp3) is 0.263. The Labute approximate surface area is 175 Å². The molecule has 0 fully saturated rings. The quantitative estimate of drug-likeness (QED) is 0.612. The Morgan fingerprint density at radius 2 is 1.62 bits per heavy atom. The minimum Gasteiger partial charge on any atom is -0.324 e. The van der Waals surface area contributed by atoms with Crippen LogP contribution >= 0.6 is 23.4 Å². The monoisotopic (exact) mass is 445 g/mol. The second-order valence-corrected chi connectivity index (χ2v) is 7.44. The zero-order valence-electron chi connectivity index (χ0n) is 15.6. The van der Waals surface area contributed by atoms with Gasteiger partial charge in [0, 0.05) is 9.92 Å². The predicted octanol–water partition coefficient (Wildman–Crippen LogP) is 4.59. The largest absolute Gasteiger partial charge is 0.418 e. The molecule has 0 aliphatic carbocycles. The van der Waals surface area contributed by atoms with Crippen LogP contribution in [0.3, 0.4) is 0 Å². The molecular weight excluding hydrogens is 427 g/mol. The van der Waals surface area contributed by atoms with Crippen molar-refractivity contribution in [2.45, 2.75) is 11.1 Å². The molecule has 5 nitrogen and oxygen atoms in total. The van der Waals surface area contributed by atoms with Crippen molar-refractivity contribution in [1.82, 2.24) is 4.90 Å². The summed E-state index contributed by atoms with van der Waals surface area (Å²) >= 11 is 7.10. The van der Waals surface area contributed by atoms with E-state index in [1.54, 1.807) is 12.1 Å². The third-order valence-electron chi connectivity index (χ3n) is 3.77. The van der Waals surface area contributed by atoms with Crippen LogP contribution in [0.25, 0.3) is 0 Å². The summed E-state index contributed by atoms with van der Waals surface area (Å²) < 4.78 is 39.3. The van der Waals surface area contributed by atoms with Crippen LogP contribution in [0.1, 0.15) is 5.56 Å². The van der Waals surface area contributed by atoms with Gasteiger partial charge in [-0.3, -0.25) is 14.5 Å². The van der Waals surface area contributed by atoms with E-state index in [0.29, 0.717) is 5.69 Å². The van der Waals surface area contributed by atoms with Crippen LogP contribution in [0.15, 0.2) is 47.4 Å². The zero-order chi connectivity index (χ0) is 21.6. The Morgan fingerprint density at radius 1 is 1.03 bits per heavy atom. The molecule has 2 aromatic rings. The van der Waals surface area contributed by atoms with Gasteiger partial charge in [0.2, 0.25) is 11.8 Å². The van der Waals surface area contributed by atoms with Gasteiger partial charge in [-0.05, 0) is 43.6 Å². The lowest BCUT2D eigenvalue weighted by atomic mass is 10.1. The van der Waals surface area contributed by atoms with E-state index in [-0.39, 0.29) is 24.0 Å². The van der Waals surface area contributed by atoms with Crippen LogP contribution in [0.2, 0.25) is 5.02 Å². The third-order valence-corrected chi connectivity index (χ3v) is 4.80. The predicted molar refractivity (Wildman–Crippen MR) is 109 cm³/mol. The second-order valence-electron chi connectivity index (χ2n) is 6.16. The van der Waals surface area contributed by atoms with E-state index in [1.165, 1.54) is 29.8 Å². The summed E-state index contributed by atoms with van der Waals surface area (Å²) in [6.45, 7) is -0.375.